The molecule has 0 aliphatic carbocycles. The van der Waals surface area contributed by atoms with E-state index in [9.17, 15) is 4.79 Å². The second-order valence-electron chi connectivity index (χ2n) is 5.84. The van der Waals surface area contributed by atoms with Crippen molar-refractivity contribution in [1.29, 1.82) is 0 Å². The molecule has 1 saturated heterocycles. The van der Waals surface area contributed by atoms with Gasteiger partial charge in [-0.1, -0.05) is 6.92 Å². The van der Waals surface area contributed by atoms with Gasteiger partial charge in [0.25, 0.3) is 5.91 Å². The van der Waals surface area contributed by atoms with Gasteiger partial charge in [-0.3, -0.25) is 9.78 Å². The molecule has 0 unspecified atom stereocenters. The molecule has 1 amide bonds. The van der Waals surface area contributed by atoms with Crippen molar-refractivity contribution in [3.8, 4) is 0 Å². The van der Waals surface area contributed by atoms with Gasteiger partial charge < -0.3 is 14.8 Å². The number of fused-ring (bicyclic) bond motifs is 1. The first-order chi connectivity index (χ1) is 11.8. The molecule has 0 radical (unpaired) electrons. The summed E-state index contributed by atoms with van der Waals surface area (Å²) in [5.74, 6) is 0.00763. The number of H-pyrrole nitrogens is 1. The summed E-state index contributed by atoms with van der Waals surface area (Å²) in [4.78, 5) is 30.2. The summed E-state index contributed by atoms with van der Waals surface area (Å²) in [6, 6.07) is 3.80. The third-order valence-corrected chi connectivity index (χ3v) is 5.61. The molecule has 124 valence electrons. The van der Waals surface area contributed by atoms with Crippen molar-refractivity contribution in [2.24, 2.45) is 0 Å². The summed E-state index contributed by atoms with van der Waals surface area (Å²) >= 11 is 1.74. The number of amides is 1. The lowest BCUT2D eigenvalue weighted by Gasteiger charge is -2.34. The second kappa shape index (κ2) is 6.24. The number of hydrogen-bond acceptors (Lipinski definition) is 5. The molecule has 3 aromatic rings. The highest BCUT2D eigenvalue weighted by Gasteiger charge is 2.25. The highest BCUT2D eigenvalue weighted by atomic mass is 32.1. The summed E-state index contributed by atoms with van der Waals surface area (Å²) in [5, 5.41) is 1.95. The monoisotopic (exact) mass is 341 g/mol. The molecule has 6 nitrogen and oxygen atoms in total. The molecular weight excluding hydrogens is 322 g/mol. The van der Waals surface area contributed by atoms with E-state index in [1.165, 1.54) is 4.88 Å². The molecule has 4 rings (SSSR count). The Bertz CT molecular complexity index is 863. The Morgan fingerprint density at radius 3 is 2.83 bits per heavy atom. The van der Waals surface area contributed by atoms with Crippen molar-refractivity contribution >= 4 is 33.3 Å². The van der Waals surface area contributed by atoms with Crippen molar-refractivity contribution in [1.82, 2.24) is 19.9 Å². The normalized spacial score (nSPS) is 15.2. The second-order valence-corrected chi connectivity index (χ2v) is 6.93. The zero-order chi connectivity index (χ0) is 16.5. The van der Waals surface area contributed by atoms with E-state index in [4.69, 9.17) is 0 Å². The Balaban J connectivity index is 1.47. The number of aromatic amines is 1. The number of thiazole rings is 1. The van der Waals surface area contributed by atoms with Crippen LogP contribution in [0.2, 0.25) is 0 Å². The Morgan fingerprint density at radius 2 is 2.08 bits per heavy atom. The average molecular weight is 341 g/mol. The van der Waals surface area contributed by atoms with Gasteiger partial charge in [0.2, 0.25) is 0 Å². The van der Waals surface area contributed by atoms with Crippen LogP contribution in [-0.2, 0) is 6.42 Å². The fourth-order valence-corrected chi connectivity index (χ4v) is 3.91. The van der Waals surface area contributed by atoms with Crippen LogP contribution >= 0.6 is 11.3 Å². The first-order valence-corrected chi connectivity index (χ1v) is 8.99. The topological polar surface area (TPSA) is 65.1 Å². The standard InChI is InChI=1S/C17H19N5OS/c1-2-12-11-20-17(24-12)22-9-7-21(8-10-22)16(23)15-13-3-5-18-14(13)4-6-19-15/h3-6,11,18H,2,7-10H2,1H3. The summed E-state index contributed by atoms with van der Waals surface area (Å²) in [7, 11) is 0. The molecule has 1 aliphatic rings. The number of anilines is 1. The quantitative estimate of drug-likeness (QED) is 0.795. The zero-order valence-corrected chi connectivity index (χ0v) is 14.3. The van der Waals surface area contributed by atoms with Gasteiger partial charge in [0, 0.05) is 60.5 Å². The van der Waals surface area contributed by atoms with Crippen LogP contribution in [0.1, 0.15) is 22.3 Å². The van der Waals surface area contributed by atoms with E-state index in [0.717, 1.165) is 35.5 Å². The van der Waals surface area contributed by atoms with Gasteiger partial charge in [-0.25, -0.2) is 4.98 Å². The minimum absolute atomic E-state index is 0.00763. The molecular formula is C17H19N5OS. The van der Waals surface area contributed by atoms with Crippen LogP contribution in [0.3, 0.4) is 0 Å². The van der Waals surface area contributed by atoms with Crippen molar-refractivity contribution < 1.29 is 4.79 Å². The van der Waals surface area contributed by atoms with Crippen molar-refractivity contribution in [2.75, 3.05) is 31.1 Å². The smallest absolute Gasteiger partial charge is 0.273 e. The van der Waals surface area contributed by atoms with E-state index in [1.54, 1.807) is 17.5 Å². The predicted molar refractivity (Wildman–Crippen MR) is 95.7 cm³/mol. The number of aryl methyl sites for hydroxylation is 1. The number of aromatic nitrogens is 3. The molecule has 0 atom stereocenters. The molecule has 1 fully saturated rings. The number of hydrogen-bond donors (Lipinski definition) is 1. The number of piperazine rings is 1. The van der Waals surface area contributed by atoms with Crippen LogP contribution in [0.4, 0.5) is 5.13 Å². The van der Waals surface area contributed by atoms with Crippen molar-refractivity contribution in [2.45, 2.75) is 13.3 Å². The molecule has 0 spiro atoms. The molecule has 0 saturated carbocycles. The lowest BCUT2D eigenvalue weighted by molar-refractivity contribution is 0.0743. The van der Waals surface area contributed by atoms with Crippen LogP contribution in [-0.4, -0.2) is 51.9 Å². The minimum Gasteiger partial charge on any atom is -0.361 e. The largest absolute Gasteiger partial charge is 0.361 e. The minimum atomic E-state index is 0.00763. The van der Waals surface area contributed by atoms with Gasteiger partial charge in [-0.2, -0.15) is 0 Å². The Morgan fingerprint density at radius 1 is 1.25 bits per heavy atom. The number of carbonyl (C=O) groups excluding carboxylic acids is 1. The Kier molecular flexibility index (Phi) is 3.93. The van der Waals surface area contributed by atoms with E-state index in [-0.39, 0.29) is 5.91 Å². The number of nitrogens with zero attached hydrogens (tertiary/aromatic N) is 4. The van der Waals surface area contributed by atoms with Crippen LogP contribution in [0.25, 0.3) is 10.9 Å². The van der Waals surface area contributed by atoms with Crippen molar-refractivity contribution in [3.63, 3.8) is 0 Å². The lowest BCUT2D eigenvalue weighted by Crippen LogP contribution is -2.49. The fraction of sp³-hybridized carbons (Fsp3) is 0.353. The van der Waals surface area contributed by atoms with E-state index in [1.807, 2.05) is 29.4 Å². The molecule has 4 heterocycles. The molecule has 0 bridgehead atoms. The summed E-state index contributed by atoms with van der Waals surface area (Å²) in [5.41, 5.74) is 1.48. The maximum absolute atomic E-state index is 12.8. The van der Waals surface area contributed by atoms with E-state index < -0.39 is 0 Å². The van der Waals surface area contributed by atoms with Crippen LogP contribution in [0.15, 0.2) is 30.7 Å². The number of carbonyl (C=O) groups is 1. The third kappa shape index (κ3) is 2.65. The predicted octanol–water partition coefficient (Wildman–Crippen LogP) is 2.54. The Labute approximate surface area is 144 Å². The van der Waals surface area contributed by atoms with E-state index in [0.29, 0.717) is 18.8 Å². The highest BCUT2D eigenvalue weighted by Crippen LogP contribution is 2.24. The van der Waals surface area contributed by atoms with Gasteiger partial charge in [-0.05, 0) is 18.6 Å². The first kappa shape index (κ1) is 15.1. The van der Waals surface area contributed by atoms with Gasteiger partial charge in [0.15, 0.2) is 5.13 Å². The third-order valence-electron chi connectivity index (χ3n) is 4.41. The van der Waals surface area contributed by atoms with E-state index >= 15 is 0 Å². The SMILES string of the molecule is CCc1cnc(N2CCN(C(=O)c3nccc4[nH]ccc34)CC2)s1. The molecule has 1 N–H and O–H groups in total. The number of nitrogens with one attached hydrogen (secondary N) is 1. The van der Waals surface area contributed by atoms with Gasteiger partial charge in [0.05, 0.1) is 0 Å². The highest BCUT2D eigenvalue weighted by molar-refractivity contribution is 7.15. The maximum Gasteiger partial charge on any atom is 0.273 e. The van der Waals surface area contributed by atoms with Crippen LogP contribution < -0.4 is 4.90 Å². The molecule has 0 aromatic carbocycles. The number of pyridine rings is 1. The molecule has 7 heteroatoms. The molecule has 1 aliphatic heterocycles. The lowest BCUT2D eigenvalue weighted by atomic mass is 10.2. The fourth-order valence-electron chi connectivity index (χ4n) is 3.01. The summed E-state index contributed by atoms with van der Waals surface area (Å²) < 4.78 is 0. The van der Waals surface area contributed by atoms with Gasteiger partial charge in [0.1, 0.15) is 5.69 Å². The summed E-state index contributed by atoms with van der Waals surface area (Å²) in [6.07, 6.45) is 6.50. The zero-order valence-electron chi connectivity index (χ0n) is 13.5. The maximum atomic E-state index is 12.8. The molecule has 24 heavy (non-hydrogen) atoms. The summed E-state index contributed by atoms with van der Waals surface area (Å²) in [6.45, 7) is 5.16. The van der Waals surface area contributed by atoms with Crippen LogP contribution in [0, 0.1) is 0 Å². The van der Waals surface area contributed by atoms with Gasteiger partial charge in [-0.15, -0.1) is 11.3 Å². The van der Waals surface area contributed by atoms with Gasteiger partial charge >= 0.3 is 0 Å². The molecule has 3 aromatic heterocycles. The Hall–Kier alpha value is -2.41. The van der Waals surface area contributed by atoms with Crippen molar-refractivity contribution in [3.05, 3.63) is 41.3 Å². The van der Waals surface area contributed by atoms with Crippen LogP contribution in [0.5, 0.6) is 0 Å². The first-order valence-electron chi connectivity index (χ1n) is 8.17. The average Bonchev–Trinajstić information content (AvgIpc) is 3.30. The number of rotatable bonds is 3. The van der Waals surface area contributed by atoms with E-state index in [2.05, 4.69) is 26.8 Å².